The van der Waals surface area contributed by atoms with Crippen LogP contribution in [0.25, 0.3) is 6.08 Å². The minimum Gasteiger partial charge on any atom is -0.497 e. The summed E-state index contributed by atoms with van der Waals surface area (Å²) in [6, 6.07) is 10.7. The number of rotatable bonds is 7. The Morgan fingerprint density at radius 1 is 1.26 bits per heavy atom. The van der Waals surface area contributed by atoms with E-state index in [9.17, 15) is 9.59 Å². The SMILES string of the molecule is COc1cccc(CNC(=O)COC(=O)/C=C/c2ccco2)c1. The van der Waals surface area contributed by atoms with Crippen LogP contribution in [0.2, 0.25) is 0 Å². The highest BCUT2D eigenvalue weighted by atomic mass is 16.5. The molecule has 2 aromatic rings. The smallest absolute Gasteiger partial charge is 0.331 e. The van der Waals surface area contributed by atoms with Gasteiger partial charge >= 0.3 is 5.97 Å². The first kappa shape index (κ1) is 16.4. The maximum Gasteiger partial charge on any atom is 0.331 e. The molecule has 0 aliphatic rings. The molecule has 0 spiro atoms. The third-order valence-corrected chi connectivity index (χ3v) is 2.90. The third kappa shape index (κ3) is 5.70. The predicted molar refractivity (Wildman–Crippen MR) is 83.5 cm³/mol. The number of ether oxygens (including phenoxy) is 2. The van der Waals surface area contributed by atoms with Gasteiger partial charge in [-0.1, -0.05) is 12.1 Å². The van der Waals surface area contributed by atoms with E-state index in [-0.39, 0.29) is 12.5 Å². The lowest BCUT2D eigenvalue weighted by Gasteiger charge is -2.07. The molecular formula is C17H17NO5. The van der Waals surface area contributed by atoms with E-state index in [1.165, 1.54) is 18.4 Å². The van der Waals surface area contributed by atoms with E-state index in [4.69, 9.17) is 13.9 Å². The summed E-state index contributed by atoms with van der Waals surface area (Å²) in [6.45, 7) is -0.0128. The molecule has 0 unspecified atom stereocenters. The van der Waals surface area contributed by atoms with E-state index in [0.29, 0.717) is 18.1 Å². The number of esters is 1. The average Bonchev–Trinajstić information content (AvgIpc) is 3.10. The largest absolute Gasteiger partial charge is 0.497 e. The van der Waals surface area contributed by atoms with Crippen molar-refractivity contribution in [3.8, 4) is 5.75 Å². The molecule has 0 aliphatic carbocycles. The number of amides is 1. The van der Waals surface area contributed by atoms with Crippen molar-refractivity contribution in [1.82, 2.24) is 5.32 Å². The van der Waals surface area contributed by atoms with Gasteiger partial charge in [0.15, 0.2) is 6.61 Å². The molecule has 2 rings (SSSR count). The minimum atomic E-state index is -0.613. The fourth-order valence-electron chi connectivity index (χ4n) is 1.76. The van der Waals surface area contributed by atoms with Crippen molar-refractivity contribution < 1.29 is 23.5 Å². The highest BCUT2D eigenvalue weighted by Gasteiger charge is 2.05. The van der Waals surface area contributed by atoms with Crippen LogP contribution in [0.4, 0.5) is 0 Å². The molecule has 1 aromatic heterocycles. The standard InChI is InChI=1S/C17H17NO5/c1-21-15-5-2-4-13(10-15)11-18-16(19)12-23-17(20)8-7-14-6-3-9-22-14/h2-10H,11-12H2,1H3,(H,18,19)/b8-7+. The number of hydrogen-bond acceptors (Lipinski definition) is 5. The van der Waals surface area contributed by atoms with Crippen LogP contribution in [0, 0.1) is 0 Å². The molecule has 6 heteroatoms. The van der Waals surface area contributed by atoms with Crippen molar-refractivity contribution in [3.63, 3.8) is 0 Å². The first-order valence-corrected chi connectivity index (χ1v) is 6.95. The Morgan fingerprint density at radius 3 is 2.87 bits per heavy atom. The van der Waals surface area contributed by atoms with Crippen molar-refractivity contribution in [1.29, 1.82) is 0 Å². The Labute approximate surface area is 133 Å². The number of carbonyl (C=O) groups is 2. The van der Waals surface area contributed by atoms with Gasteiger partial charge in [0, 0.05) is 12.6 Å². The van der Waals surface area contributed by atoms with Crippen LogP contribution < -0.4 is 10.1 Å². The van der Waals surface area contributed by atoms with Gasteiger partial charge in [-0.2, -0.15) is 0 Å². The Balaban J connectivity index is 1.71. The van der Waals surface area contributed by atoms with Gasteiger partial charge in [-0.15, -0.1) is 0 Å². The Morgan fingerprint density at radius 2 is 2.13 bits per heavy atom. The number of benzene rings is 1. The number of methoxy groups -OCH3 is 1. The molecule has 0 bridgehead atoms. The summed E-state index contributed by atoms with van der Waals surface area (Å²) in [7, 11) is 1.58. The van der Waals surface area contributed by atoms with Crippen LogP contribution in [-0.4, -0.2) is 25.6 Å². The first-order chi connectivity index (χ1) is 11.2. The molecule has 0 fully saturated rings. The number of carbonyl (C=O) groups excluding carboxylic acids is 2. The Hall–Kier alpha value is -3.02. The maximum absolute atomic E-state index is 11.6. The number of hydrogen-bond donors (Lipinski definition) is 1. The van der Waals surface area contributed by atoms with Crippen LogP contribution in [-0.2, 0) is 20.9 Å². The molecule has 0 saturated heterocycles. The highest BCUT2D eigenvalue weighted by molar-refractivity contribution is 5.88. The second kappa shape index (κ2) is 8.43. The van der Waals surface area contributed by atoms with Crippen molar-refractivity contribution in [2.75, 3.05) is 13.7 Å². The van der Waals surface area contributed by atoms with Crippen LogP contribution in [0.15, 0.2) is 53.2 Å². The van der Waals surface area contributed by atoms with Crippen molar-refractivity contribution in [2.24, 2.45) is 0 Å². The summed E-state index contributed by atoms with van der Waals surface area (Å²) >= 11 is 0. The van der Waals surface area contributed by atoms with Crippen molar-refractivity contribution in [2.45, 2.75) is 6.54 Å². The fourth-order valence-corrected chi connectivity index (χ4v) is 1.76. The van der Waals surface area contributed by atoms with E-state index in [0.717, 1.165) is 5.56 Å². The molecule has 120 valence electrons. The molecule has 6 nitrogen and oxygen atoms in total. The van der Waals surface area contributed by atoms with Crippen LogP contribution >= 0.6 is 0 Å². The van der Waals surface area contributed by atoms with Gasteiger partial charge in [0.2, 0.25) is 0 Å². The molecule has 1 aromatic carbocycles. The molecular weight excluding hydrogens is 298 g/mol. The molecule has 0 saturated carbocycles. The third-order valence-electron chi connectivity index (χ3n) is 2.90. The van der Waals surface area contributed by atoms with Gasteiger partial charge in [-0.3, -0.25) is 4.79 Å². The topological polar surface area (TPSA) is 77.8 Å². The summed E-state index contributed by atoms with van der Waals surface area (Å²) in [6.07, 6.45) is 4.17. The molecule has 1 N–H and O–H groups in total. The van der Waals surface area contributed by atoms with E-state index in [2.05, 4.69) is 5.32 Å². The van der Waals surface area contributed by atoms with Crippen molar-refractivity contribution >= 4 is 18.0 Å². The lowest BCUT2D eigenvalue weighted by atomic mass is 10.2. The summed E-state index contributed by atoms with van der Waals surface area (Å²) in [5.41, 5.74) is 0.891. The number of nitrogens with one attached hydrogen (secondary N) is 1. The van der Waals surface area contributed by atoms with E-state index >= 15 is 0 Å². The van der Waals surface area contributed by atoms with Gasteiger partial charge in [0.1, 0.15) is 11.5 Å². The van der Waals surface area contributed by atoms with Crippen LogP contribution in [0.1, 0.15) is 11.3 Å². The molecule has 1 heterocycles. The molecule has 0 atom stereocenters. The predicted octanol–water partition coefficient (Wildman–Crippen LogP) is 2.16. The number of furan rings is 1. The fraction of sp³-hybridized carbons (Fsp3) is 0.176. The van der Waals surface area contributed by atoms with E-state index in [1.807, 2.05) is 24.3 Å². The zero-order valence-electron chi connectivity index (χ0n) is 12.7. The Bertz CT molecular complexity index is 676. The summed E-state index contributed by atoms with van der Waals surface area (Å²) < 4.78 is 15.0. The minimum absolute atomic E-state index is 0.329. The van der Waals surface area contributed by atoms with Gasteiger partial charge in [-0.25, -0.2) is 4.79 Å². The zero-order valence-corrected chi connectivity index (χ0v) is 12.7. The van der Waals surface area contributed by atoms with Gasteiger partial charge < -0.3 is 19.2 Å². The zero-order chi connectivity index (χ0) is 16.5. The Kier molecular flexibility index (Phi) is 5.99. The lowest BCUT2D eigenvalue weighted by Crippen LogP contribution is -2.28. The molecule has 1 amide bonds. The van der Waals surface area contributed by atoms with E-state index in [1.54, 1.807) is 19.2 Å². The van der Waals surface area contributed by atoms with Crippen LogP contribution in [0.5, 0.6) is 5.75 Å². The summed E-state index contributed by atoms with van der Waals surface area (Å²) in [4.78, 5) is 23.1. The van der Waals surface area contributed by atoms with E-state index < -0.39 is 5.97 Å². The van der Waals surface area contributed by atoms with Gasteiger partial charge in [-0.05, 0) is 35.9 Å². The second-order valence-corrected chi connectivity index (χ2v) is 4.58. The summed E-state index contributed by atoms with van der Waals surface area (Å²) in [5.74, 6) is 0.251. The van der Waals surface area contributed by atoms with Crippen LogP contribution in [0.3, 0.4) is 0 Å². The molecule has 0 radical (unpaired) electrons. The second-order valence-electron chi connectivity index (χ2n) is 4.58. The normalized spacial score (nSPS) is 10.5. The monoisotopic (exact) mass is 315 g/mol. The first-order valence-electron chi connectivity index (χ1n) is 6.95. The average molecular weight is 315 g/mol. The lowest BCUT2D eigenvalue weighted by molar-refractivity contribution is -0.143. The van der Waals surface area contributed by atoms with Gasteiger partial charge in [0.05, 0.1) is 13.4 Å². The molecule has 0 aliphatic heterocycles. The summed E-state index contributed by atoms with van der Waals surface area (Å²) in [5, 5.41) is 2.66. The highest BCUT2D eigenvalue weighted by Crippen LogP contribution is 2.12. The van der Waals surface area contributed by atoms with Crippen molar-refractivity contribution in [3.05, 3.63) is 60.1 Å². The quantitative estimate of drug-likeness (QED) is 0.626. The molecule has 23 heavy (non-hydrogen) atoms. The maximum atomic E-state index is 11.6. The van der Waals surface area contributed by atoms with Gasteiger partial charge in [0.25, 0.3) is 5.91 Å².